The first kappa shape index (κ1) is 9.47. The molecule has 14 heavy (non-hydrogen) atoms. The number of hydrogen-bond acceptors (Lipinski definition) is 1. The summed E-state index contributed by atoms with van der Waals surface area (Å²) in [5, 5.41) is 9.95. The zero-order valence-electron chi connectivity index (χ0n) is 8.48. The lowest BCUT2D eigenvalue weighted by molar-refractivity contribution is 0.160. The molecular formula is C13H16O. The van der Waals surface area contributed by atoms with Crippen LogP contribution in [0.1, 0.15) is 37.0 Å². The normalized spacial score (nSPS) is 28.7. The van der Waals surface area contributed by atoms with Gasteiger partial charge in [0.25, 0.3) is 0 Å². The molecule has 2 rings (SSSR count). The van der Waals surface area contributed by atoms with Gasteiger partial charge in [-0.1, -0.05) is 43.3 Å². The third-order valence-electron chi connectivity index (χ3n) is 2.85. The van der Waals surface area contributed by atoms with E-state index in [2.05, 4.69) is 25.1 Å². The fraction of sp³-hybridized carbons (Fsp3) is 0.385. The number of allylic oxidation sites excluding steroid dienone is 1. The molecule has 2 atom stereocenters. The summed E-state index contributed by atoms with van der Waals surface area (Å²) in [5.41, 5.74) is 2.22. The van der Waals surface area contributed by atoms with Crippen LogP contribution in [0.4, 0.5) is 0 Å². The van der Waals surface area contributed by atoms with E-state index in [0.29, 0.717) is 5.92 Å². The minimum absolute atomic E-state index is 0.293. The van der Waals surface area contributed by atoms with Crippen LogP contribution >= 0.6 is 0 Å². The fourth-order valence-electron chi connectivity index (χ4n) is 1.91. The Labute approximate surface area is 85.1 Å². The number of fused-ring (bicyclic) bond motifs is 1. The first-order valence-electron chi connectivity index (χ1n) is 5.22. The SMILES string of the molecule is CC1/C=C\c2ccccc2C(O)CC1. The second kappa shape index (κ2) is 3.97. The van der Waals surface area contributed by atoms with Gasteiger partial charge in [0, 0.05) is 0 Å². The molecule has 1 aromatic rings. The minimum Gasteiger partial charge on any atom is -0.388 e. The summed E-state index contributed by atoms with van der Waals surface area (Å²) in [7, 11) is 0. The van der Waals surface area contributed by atoms with Crippen LogP contribution in [-0.2, 0) is 0 Å². The van der Waals surface area contributed by atoms with Crippen LogP contribution in [0.25, 0.3) is 6.08 Å². The van der Waals surface area contributed by atoms with Gasteiger partial charge >= 0.3 is 0 Å². The van der Waals surface area contributed by atoms with Crippen LogP contribution in [-0.4, -0.2) is 5.11 Å². The van der Waals surface area contributed by atoms with Crippen molar-refractivity contribution >= 4 is 6.08 Å². The summed E-state index contributed by atoms with van der Waals surface area (Å²) in [4.78, 5) is 0. The molecule has 1 aliphatic rings. The van der Waals surface area contributed by atoms with Crippen molar-refractivity contribution in [3.8, 4) is 0 Å². The summed E-state index contributed by atoms with van der Waals surface area (Å²) in [6.45, 7) is 2.19. The molecule has 0 saturated heterocycles. The van der Waals surface area contributed by atoms with Gasteiger partial charge in [0.15, 0.2) is 0 Å². The Morgan fingerprint density at radius 2 is 2.00 bits per heavy atom. The van der Waals surface area contributed by atoms with Crippen molar-refractivity contribution in [1.82, 2.24) is 0 Å². The predicted octanol–water partition coefficient (Wildman–Crippen LogP) is 3.16. The molecule has 0 bridgehead atoms. The first-order valence-corrected chi connectivity index (χ1v) is 5.22. The molecule has 0 radical (unpaired) electrons. The summed E-state index contributed by atoms with van der Waals surface area (Å²) >= 11 is 0. The molecule has 1 aliphatic carbocycles. The Hall–Kier alpha value is -1.08. The summed E-state index contributed by atoms with van der Waals surface area (Å²) < 4.78 is 0. The lowest BCUT2D eigenvalue weighted by Crippen LogP contribution is -2.04. The smallest absolute Gasteiger partial charge is 0.0796 e. The predicted molar refractivity (Wildman–Crippen MR) is 58.8 cm³/mol. The Kier molecular flexibility index (Phi) is 2.69. The summed E-state index contributed by atoms with van der Waals surface area (Å²) in [5.74, 6) is 0.568. The number of aliphatic hydroxyl groups is 1. The van der Waals surface area contributed by atoms with Gasteiger partial charge in [0.05, 0.1) is 6.10 Å². The molecule has 0 aromatic heterocycles. The third kappa shape index (κ3) is 1.88. The highest BCUT2D eigenvalue weighted by atomic mass is 16.3. The standard InChI is InChI=1S/C13H16O/c1-10-6-8-11-4-2-3-5-12(11)13(14)9-7-10/h2-6,8,10,13-14H,7,9H2,1H3/b8-6-. The fourth-order valence-corrected chi connectivity index (χ4v) is 1.91. The van der Waals surface area contributed by atoms with E-state index in [-0.39, 0.29) is 6.10 Å². The maximum absolute atomic E-state index is 9.95. The van der Waals surface area contributed by atoms with Crippen molar-refractivity contribution < 1.29 is 5.11 Å². The molecule has 0 aliphatic heterocycles. The highest BCUT2D eigenvalue weighted by molar-refractivity contribution is 5.55. The summed E-state index contributed by atoms with van der Waals surface area (Å²) in [6.07, 6.45) is 5.99. The average molecular weight is 188 g/mol. The third-order valence-corrected chi connectivity index (χ3v) is 2.85. The van der Waals surface area contributed by atoms with Crippen molar-refractivity contribution in [2.24, 2.45) is 5.92 Å². The van der Waals surface area contributed by atoms with Crippen LogP contribution in [0.3, 0.4) is 0 Å². The van der Waals surface area contributed by atoms with Crippen molar-refractivity contribution in [2.45, 2.75) is 25.9 Å². The number of rotatable bonds is 0. The van der Waals surface area contributed by atoms with E-state index in [1.807, 2.05) is 18.2 Å². The van der Waals surface area contributed by atoms with E-state index in [9.17, 15) is 5.11 Å². The van der Waals surface area contributed by atoms with Crippen molar-refractivity contribution in [2.75, 3.05) is 0 Å². The lowest BCUT2D eigenvalue weighted by Gasteiger charge is -2.18. The van der Waals surface area contributed by atoms with E-state index in [0.717, 1.165) is 24.0 Å². The molecule has 0 spiro atoms. The molecule has 0 fully saturated rings. The Morgan fingerprint density at radius 1 is 1.21 bits per heavy atom. The molecule has 0 heterocycles. The topological polar surface area (TPSA) is 20.2 Å². The van der Waals surface area contributed by atoms with Crippen LogP contribution in [0, 0.1) is 5.92 Å². The van der Waals surface area contributed by atoms with Gasteiger partial charge in [-0.05, 0) is 29.9 Å². The Morgan fingerprint density at radius 3 is 2.86 bits per heavy atom. The maximum Gasteiger partial charge on any atom is 0.0796 e. The largest absolute Gasteiger partial charge is 0.388 e. The molecule has 1 nitrogen and oxygen atoms in total. The van der Waals surface area contributed by atoms with Gasteiger partial charge in [-0.3, -0.25) is 0 Å². The van der Waals surface area contributed by atoms with Crippen molar-refractivity contribution in [3.63, 3.8) is 0 Å². The summed E-state index contributed by atoms with van der Waals surface area (Å²) in [6, 6.07) is 8.08. The first-order chi connectivity index (χ1) is 6.77. The van der Waals surface area contributed by atoms with Gasteiger partial charge in [-0.15, -0.1) is 0 Å². The number of benzene rings is 1. The van der Waals surface area contributed by atoms with E-state index < -0.39 is 0 Å². The van der Waals surface area contributed by atoms with E-state index in [4.69, 9.17) is 0 Å². The molecule has 0 amide bonds. The number of aliphatic hydroxyl groups excluding tert-OH is 1. The average Bonchev–Trinajstić information content (AvgIpc) is 2.21. The monoisotopic (exact) mass is 188 g/mol. The Balaban J connectivity index is 2.41. The van der Waals surface area contributed by atoms with Gasteiger partial charge in [0.1, 0.15) is 0 Å². The van der Waals surface area contributed by atoms with Gasteiger partial charge in [0.2, 0.25) is 0 Å². The van der Waals surface area contributed by atoms with Gasteiger partial charge in [-0.2, -0.15) is 0 Å². The lowest BCUT2D eigenvalue weighted by atomic mass is 9.91. The van der Waals surface area contributed by atoms with Crippen molar-refractivity contribution in [3.05, 3.63) is 41.5 Å². The van der Waals surface area contributed by atoms with Crippen LogP contribution in [0.15, 0.2) is 30.3 Å². The van der Waals surface area contributed by atoms with Crippen molar-refractivity contribution in [1.29, 1.82) is 0 Å². The molecule has 1 aromatic carbocycles. The van der Waals surface area contributed by atoms with E-state index in [1.54, 1.807) is 0 Å². The zero-order valence-corrected chi connectivity index (χ0v) is 8.48. The Bertz CT molecular complexity index is 341. The molecule has 74 valence electrons. The van der Waals surface area contributed by atoms with Gasteiger partial charge < -0.3 is 5.11 Å². The second-order valence-corrected chi connectivity index (χ2v) is 4.06. The maximum atomic E-state index is 9.95. The molecule has 0 saturated carbocycles. The molecular weight excluding hydrogens is 172 g/mol. The van der Waals surface area contributed by atoms with Crippen LogP contribution in [0.2, 0.25) is 0 Å². The van der Waals surface area contributed by atoms with E-state index >= 15 is 0 Å². The highest BCUT2D eigenvalue weighted by Gasteiger charge is 2.13. The van der Waals surface area contributed by atoms with E-state index in [1.165, 1.54) is 0 Å². The highest BCUT2D eigenvalue weighted by Crippen LogP contribution is 2.28. The van der Waals surface area contributed by atoms with Gasteiger partial charge in [-0.25, -0.2) is 0 Å². The molecule has 2 unspecified atom stereocenters. The zero-order chi connectivity index (χ0) is 9.97. The molecule has 1 N–H and O–H groups in total. The number of hydrogen-bond donors (Lipinski definition) is 1. The van der Waals surface area contributed by atoms with Crippen LogP contribution < -0.4 is 0 Å². The molecule has 1 heteroatoms. The second-order valence-electron chi connectivity index (χ2n) is 4.06. The quantitative estimate of drug-likeness (QED) is 0.663. The van der Waals surface area contributed by atoms with Crippen LogP contribution in [0.5, 0.6) is 0 Å². The minimum atomic E-state index is -0.293.